The van der Waals surface area contributed by atoms with Crippen molar-refractivity contribution in [3.63, 3.8) is 0 Å². The molecule has 3 rings (SSSR count). The quantitative estimate of drug-likeness (QED) is 0.867. The lowest BCUT2D eigenvalue weighted by atomic mass is 9.93. The number of nitrogens with one attached hydrogen (secondary N) is 1. The molecule has 0 spiro atoms. The molecule has 1 aliphatic rings. The minimum absolute atomic E-state index is 0.227. The first kappa shape index (κ1) is 11.8. The minimum atomic E-state index is -0.723. The lowest BCUT2D eigenvalue weighted by Gasteiger charge is -2.20. The first-order valence-corrected chi connectivity index (χ1v) is 6.33. The Morgan fingerprint density at radius 3 is 3.26 bits per heavy atom. The van der Waals surface area contributed by atoms with Crippen LogP contribution in [0.5, 0.6) is 0 Å². The monoisotopic (exact) mass is 257 g/mol. The number of fused-ring (bicyclic) bond motifs is 1. The molecule has 2 aromatic rings. The number of aromatic nitrogens is 2. The highest BCUT2D eigenvalue weighted by atomic mass is 16.6. The Labute approximate surface area is 110 Å². The number of carbonyl (C=O) groups excluding carboxylic acids is 1. The highest BCUT2D eigenvalue weighted by Gasteiger charge is 2.19. The van der Waals surface area contributed by atoms with Crippen LogP contribution in [0.2, 0.25) is 0 Å². The fourth-order valence-electron chi connectivity index (χ4n) is 2.55. The number of pyridine rings is 1. The maximum Gasteiger partial charge on any atom is 0.405 e. The number of amides is 1. The number of carbonyl (C=O) groups is 1. The maximum absolute atomic E-state index is 10.8. The lowest BCUT2D eigenvalue weighted by Crippen LogP contribution is -2.23. The van der Waals surface area contributed by atoms with Gasteiger partial charge < -0.3 is 15.5 Å². The van der Waals surface area contributed by atoms with Gasteiger partial charge >= 0.3 is 6.09 Å². The molecule has 19 heavy (non-hydrogen) atoms. The Morgan fingerprint density at radius 1 is 1.53 bits per heavy atom. The molecule has 0 aromatic carbocycles. The summed E-state index contributed by atoms with van der Waals surface area (Å²) in [4.78, 5) is 18.4. The average Bonchev–Trinajstić information content (AvgIpc) is 2.82. The molecule has 3 N–H and O–H groups in total. The summed E-state index contributed by atoms with van der Waals surface area (Å²) in [7, 11) is 0. The van der Waals surface area contributed by atoms with Gasteiger partial charge in [0.15, 0.2) is 0 Å². The van der Waals surface area contributed by atoms with Crippen LogP contribution in [0, 0.1) is 0 Å². The zero-order valence-electron chi connectivity index (χ0n) is 10.4. The summed E-state index contributed by atoms with van der Waals surface area (Å²) < 4.78 is 5.06. The van der Waals surface area contributed by atoms with E-state index in [1.807, 2.05) is 24.4 Å². The highest BCUT2D eigenvalue weighted by molar-refractivity contribution is 5.89. The predicted molar refractivity (Wildman–Crippen MR) is 72.4 cm³/mol. The Morgan fingerprint density at radius 2 is 2.42 bits per heavy atom. The van der Waals surface area contributed by atoms with Crippen LogP contribution in [0.1, 0.15) is 24.8 Å². The number of H-pyrrole nitrogens is 1. The Balaban J connectivity index is 1.96. The van der Waals surface area contributed by atoms with Gasteiger partial charge in [-0.05, 0) is 43.0 Å². The van der Waals surface area contributed by atoms with Crippen LogP contribution in [0.3, 0.4) is 0 Å². The van der Waals surface area contributed by atoms with E-state index in [9.17, 15) is 4.79 Å². The standard InChI is InChI=1S/C14H15N3O2/c15-14(18)19-10-4-1-3-9(7-10)11-8-17-12-5-2-6-16-13(11)12/h2,5-8,10,17H,1,3-4H2,(H2,15,18). The molecule has 5 heteroatoms. The zero-order chi connectivity index (χ0) is 13.2. The topological polar surface area (TPSA) is 81.0 Å². The lowest BCUT2D eigenvalue weighted by molar-refractivity contribution is 0.122. The number of hydrogen-bond acceptors (Lipinski definition) is 3. The van der Waals surface area contributed by atoms with Crippen molar-refractivity contribution >= 4 is 22.7 Å². The van der Waals surface area contributed by atoms with Crippen molar-refractivity contribution in [1.29, 1.82) is 0 Å². The van der Waals surface area contributed by atoms with E-state index in [-0.39, 0.29) is 6.10 Å². The van der Waals surface area contributed by atoms with Gasteiger partial charge in [0.05, 0.1) is 11.0 Å². The molecule has 0 aliphatic heterocycles. The van der Waals surface area contributed by atoms with Crippen LogP contribution in [-0.2, 0) is 4.74 Å². The van der Waals surface area contributed by atoms with E-state index in [0.29, 0.717) is 0 Å². The first-order valence-electron chi connectivity index (χ1n) is 6.33. The van der Waals surface area contributed by atoms with Crippen molar-refractivity contribution in [2.24, 2.45) is 5.73 Å². The largest absolute Gasteiger partial charge is 0.442 e. The molecule has 1 amide bonds. The Kier molecular flexibility index (Phi) is 2.95. The molecular weight excluding hydrogens is 242 g/mol. The van der Waals surface area contributed by atoms with Crippen LogP contribution in [0.25, 0.3) is 16.6 Å². The number of nitrogens with two attached hydrogens (primary N) is 1. The van der Waals surface area contributed by atoms with Crippen molar-refractivity contribution in [3.8, 4) is 0 Å². The third kappa shape index (κ3) is 2.31. The van der Waals surface area contributed by atoms with E-state index in [0.717, 1.165) is 41.4 Å². The summed E-state index contributed by atoms with van der Waals surface area (Å²) in [5, 5.41) is 0. The summed E-state index contributed by atoms with van der Waals surface area (Å²) in [6, 6.07) is 3.89. The van der Waals surface area contributed by atoms with Gasteiger partial charge in [0.25, 0.3) is 0 Å². The van der Waals surface area contributed by atoms with E-state index in [4.69, 9.17) is 10.5 Å². The molecule has 0 fully saturated rings. The van der Waals surface area contributed by atoms with Crippen molar-refractivity contribution in [3.05, 3.63) is 36.2 Å². The van der Waals surface area contributed by atoms with Crippen molar-refractivity contribution in [2.45, 2.75) is 25.4 Å². The average molecular weight is 257 g/mol. The van der Waals surface area contributed by atoms with E-state index in [1.54, 1.807) is 6.20 Å². The summed E-state index contributed by atoms with van der Waals surface area (Å²) in [5.41, 5.74) is 9.26. The summed E-state index contributed by atoms with van der Waals surface area (Å²) in [6.07, 6.45) is 7.52. The number of hydrogen-bond donors (Lipinski definition) is 2. The van der Waals surface area contributed by atoms with Gasteiger partial charge in [-0.3, -0.25) is 4.98 Å². The maximum atomic E-state index is 10.8. The molecule has 2 aromatic heterocycles. The zero-order valence-corrected chi connectivity index (χ0v) is 10.4. The number of ether oxygens (including phenoxy) is 1. The number of allylic oxidation sites excluding steroid dienone is 1. The van der Waals surface area contributed by atoms with Crippen molar-refractivity contribution in [1.82, 2.24) is 9.97 Å². The second kappa shape index (κ2) is 4.76. The summed E-state index contributed by atoms with van der Waals surface area (Å²) in [6.45, 7) is 0. The normalized spacial score (nSPS) is 19.2. The van der Waals surface area contributed by atoms with Gasteiger partial charge in [0, 0.05) is 18.0 Å². The molecule has 98 valence electrons. The second-order valence-electron chi connectivity index (χ2n) is 4.66. The fourth-order valence-corrected chi connectivity index (χ4v) is 2.55. The molecular formula is C14H15N3O2. The van der Waals surface area contributed by atoms with Crippen molar-refractivity contribution in [2.75, 3.05) is 0 Å². The third-order valence-electron chi connectivity index (χ3n) is 3.37. The van der Waals surface area contributed by atoms with Crippen LogP contribution >= 0.6 is 0 Å². The van der Waals surface area contributed by atoms with Gasteiger partial charge in [0.2, 0.25) is 0 Å². The molecule has 1 atom stereocenters. The summed E-state index contributed by atoms with van der Waals surface area (Å²) in [5.74, 6) is 0. The molecule has 2 heterocycles. The van der Waals surface area contributed by atoms with E-state index in [1.165, 1.54) is 0 Å². The molecule has 5 nitrogen and oxygen atoms in total. The predicted octanol–water partition coefficient (Wildman–Crippen LogP) is 2.59. The molecule has 0 saturated carbocycles. The Bertz CT molecular complexity index is 645. The molecule has 1 unspecified atom stereocenters. The van der Waals surface area contributed by atoms with Gasteiger partial charge in [-0.25, -0.2) is 4.79 Å². The van der Waals surface area contributed by atoms with Gasteiger partial charge in [0.1, 0.15) is 6.10 Å². The molecule has 0 saturated heterocycles. The Hall–Kier alpha value is -2.30. The fraction of sp³-hybridized carbons (Fsp3) is 0.286. The van der Waals surface area contributed by atoms with Crippen molar-refractivity contribution < 1.29 is 9.53 Å². The highest BCUT2D eigenvalue weighted by Crippen LogP contribution is 2.31. The van der Waals surface area contributed by atoms with E-state index < -0.39 is 6.09 Å². The minimum Gasteiger partial charge on any atom is -0.442 e. The molecule has 0 bridgehead atoms. The van der Waals surface area contributed by atoms with E-state index in [2.05, 4.69) is 9.97 Å². The van der Waals surface area contributed by atoms with Crippen LogP contribution in [0.15, 0.2) is 30.6 Å². The van der Waals surface area contributed by atoms with E-state index >= 15 is 0 Å². The summed E-state index contributed by atoms with van der Waals surface area (Å²) >= 11 is 0. The SMILES string of the molecule is NC(=O)OC1C=C(c2c[nH]c3cccnc23)CCC1. The second-order valence-corrected chi connectivity index (χ2v) is 4.66. The number of aromatic amines is 1. The molecule has 1 aliphatic carbocycles. The smallest absolute Gasteiger partial charge is 0.405 e. The first-order chi connectivity index (χ1) is 9.24. The van der Waals surface area contributed by atoms with Crippen LogP contribution in [0.4, 0.5) is 4.79 Å². The van der Waals surface area contributed by atoms with Gasteiger partial charge in [-0.15, -0.1) is 0 Å². The van der Waals surface area contributed by atoms with Gasteiger partial charge in [-0.2, -0.15) is 0 Å². The van der Waals surface area contributed by atoms with Crippen LogP contribution < -0.4 is 5.73 Å². The van der Waals surface area contributed by atoms with Gasteiger partial charge in [-0.1, -0.05) is 0 Å². The molecule has 0 radical (unpaired) electrons. The third-order valence-corrected chi connectivity index (χ3v) is 3.37. The number of rotatable bonds is 2. The number of nitrogens with zero attached hydrogens (tertiary/aromatic N) is 1. The number of primary amides is 1. The van der Waals surface area contributed by atoms with Crippen LogP contribution in [-0.4, -0.2) is 22.2 Å².